The Morgan fingerprint density at radius 1 is 1.28 bits per heavy atom. The maximum absolute atomic E-state index is 5.54. The fourth-order valence-electron chi connectivity index (χ4n) is 3.51. The van der Waals surface area contributed by atoms with Crippen LogP contribution in [0.3, 0.4) is 0 Å². The summed E-state index contributed by atoms with van der Waals surface area (Å²) in [5.74, 6) is 1.58. The maximum Gasteiger partial charge on any atom is 0.191 e. The normalized spacial score (nSPS) is 17.7. The van der Waals surface area contributed by atoms with Crippen molar-refractivity contribution in [2.75, 3.05) is 39.9 Å². The van der Waals surface area contributed by atoms with Gasteiger partial charge < -0.3 is 15.4 Å². The number of thiophene rings is 1. The smallest absolute Gasteiger partial charge is 0.191 e. The van der Waals surface area contributed by atoms with Gasteiger partial charge in [0.2, 0.25) is 0 Å². The third-order valence-corrected chi connectivity index (χ3v) is 6.22. The van der Waals surface area contributed by atoms with Gasteiger partial charge in [0.25, 0.3) is 0 Å². The van der Waals surface area contributed by atoms with Crippen LogP contribution in [0.5, 0.6) is 0 Å². The first-order valence-electron chi connectivity index (χ1n) is 9.48. The number of ether oxygens (including phenoxy) is 1. The van der Waals surface area contributed by atoms with Crippen molar-refractivity contribution in [2.24, 2.45) is 10.9 Å². The molecule has 0 radical (unpaired) electrons. The van der Waals surface area contributed by atoms with Crippen molar-refractivity contribution < 1.29 is 4.74 Å². The Balaban J connectivity index is 1.91. The highest BCUT2D eigenvalue weighted by Gasteiger charge is 2.26. The predicted octanol–water partition coefficient (Wildman–Crippen LogP) is 2.86. The Morgan fingerprint density at radius 3 is 2.56 bits per heavy atom. The molecule has 25 heavy (non-hydrogen) atoms. The third-order valence-electron chi connectivity index (χ3n) is 5.19. The molecule has 2 rings (SSSR count). The molecule has 0 bridgehead atoms. The topological polar surface area (TPSA) is 48.9 Å². The molecule has 1 aromatic rings. The summed E-state index contributed by atoms with van der Waals surface area (Å²) in [5, 5.41) is 9.15. The van der Waals surface area contributed by atoms with E-state index >= 15 is 0 Å². The molecule has 5 nitrogen and oxygen atoms in total. The quantitative estimate of drug-likeness (QED) is 0.549. The molecule has 1 aliphatic heterocycles. The van der Waals surface area contributed by atoms with Gasteiger partial charge in [-0.2, -0.15) is 0 Å². The van der Waals surface area contributed by atoms with E-state index in [1.165, 1.54) is 23.3 Å². The Kier molecular flexibility index (Phi) is 8.72. The molecule has 142 valence electrons. The summed E-state index contributed by atoms with van der Waals surface area (Å²) in [7, 11) is 1.84. The molecule has 1 atom stereocenters. The molecule has 6 heteroatoms. The average Bonchev–Trinajstić information content (AvgIpc) is 3.06. The van der Waals surface area contributed by atoms with Crippen LogP contribution >= 0.6 is 11.3 Å². The molecule has 2 heterocycles. The molecule has 1 saturated heterocycles. The lowest BCUT2D eigenvalue weighted by atomic mass is 9.92. The third kappa shape index (κ3) is 5.97. The molecule has 0 amide bonds. The number of rotatable bonds is 8. The number of nitrogens with one attached hydrogen (secondary N) is 2. The summed E-state index contributed by atoms with van der Waals surface area (Å²) in [6.45, 7) is 12.3. The molecule has 1 unspecified atom stereocenters. The van der Waals surface area contributed by atoms with Crippen molar-refractivity contribution in [3.8, 4) is 0 Å². The van der Waals surface area contributed by atoms with Crippen LogP contribution in [-0.2, 0) is 11.3 Å². The molecule has 1 aliphatic rings. The van der Waals surface area contributed by atoms with Crippen molar-refractivity contribution >= 4 is 17.3 Å². The van der Waals surface area contributed by atoms with E-state index in [0.717, 1.165) is 45.4 Å². The zero-order chi connectivity index (χ0) is 18.1. The summed E-state index contributed by atoms with van der Waals surface area (Å²) in [4.78, 5) is 8.36. The Hall–Kier alpha value is -1.11. The van der Waals surface area contributed by atoms with Crippen LogP contribution in [0.1, 0.15) is 37.1 Å². The van der Waals surface area contributed by atoms with Crippen LogP contribution in [0.25, 0.3) is 0 Å². The van der Waals surface area contributed by atoms with Crippen LogP contribution in [-0.4, -0.2) is 56.8 Å². The van der Waals surface area contributed by atoms with Gasteiger partial charge >= 0.3 is 0 Å². The molecule has 1 fully saturated rings. The average molecular weight is 367 g/mol. The first-order chi connectivity index (χ1) is 12.2. The molecule has 2 N–H and O–H groups in total. The summed E-state index contributed by atoms with van der Waals surface area (Å²) < 4.78 is 5.54. The fraction of sp³-hybridized carbons (Fsp3) is 0.737. The number of morpholine rings is 1. The molecule has 0 spiro atoms. The van der Waals surface area contributed by atoms with Gasteiger partial charge in [-0.1, -0.05) is 26.7 Å². The van der Waals surface area contributed by atoms with Crippen molar-refractivity contribution in [1.82, 2.24) is 15.5 Å². The van der Waals surface area contributed by atoms with E-state index in [2.05, 4.69) is 52.7 Å². The lowest BCUT2D eigenvalue weighted by Crippen LogP contribution is -2.53. The van der Waals surface area contributed by atoms with E-state index in [0.29, 0.717) is 12.0 Å². The van der Waals surface area contributed by atoms with Crippen molar-refractivity contribution in [2.45, 2.75) is 46.2 Å². The highest BCUT2D eigenvalue weighted by Crippen LogP contribution is 2.19. The SMILES string of the molecule is CCC(CC)C(CNC(=NC)NCc1sccc1C)N1CCOCC1. The predicted molar refractivity (Wildman–Crippen MR) is 108 cm³/mol. The summed E-state index contributed by atoms with van der Waals surface area (Å²) >= 11 is 1.79. The largest absolute Gasteiger partial charge is 0.379 e. The minimum absolute atomic E-state index is 0.529. The van der Waals surface area contributed by atoms with Crippen LogP contribution < -0.4 is 10.6 Å². The number of nitrogens with zero attached hydrogens (tertiary/aromatic N) is 2. The van der Waals surface area contributed by atoms with Crippen molar-refractivity contribution in [3.63, 3.8) is 0 Å². The van der Waals surface area contributed by atoms with E-state index in [1.54, 1.807) is 11.3 Å². The van der Waals surface area contributed by atoms with E-state index in [-0.39, 0.29) is 0 Å². The van der Waals surface area contributed by atoms with Crippen LogP contribution in [0, 0.1) is 12.8 Å². The molecule has 0 saturated carbocycles. The van der Waals surface area contributed by atoms with Gasteiger partial charge in [0, 0.05) is 37.6 Å². The zero-order valence-electron chi connectivity index (χ0n) is 16.2. The molecular formula is C19H34N4OS. The zero-order valence-corrected chi connectivity index (χ0v) is 17.0. The van der Waals surface area contributed by atoms with Gasteiger partial charge in [-0.3, -0.25) is 9.89 Å². The number of hydrogen-bond acceptors (Lipinski definition) is 4. The van der Waals surface area contributed by atoms with E-state index in [1.807, 2.05) is 7.05 Å². The second-order valence-corrected chi connectivity index (χ2v) is 7.63. The van der Waals surface area contributed by atoms with E-state index < -0.39 is 0 Å². The second-order valence-electron chi connectivity index (χ2n) is 6.63. The highest BCUT2D eigenvalue weighted by molar-refractivity contribution is 7.10. The fourth-order valence-corrected chi connectivity index (χ4v) is 4.35. The standard InChI is InChI=1S/C19H34N4OS/c1-5-16(6-2)17(23-8-10-24-11-9-23)13-21-19(20-4)22-14-18-15(3)7-12-25-18/h7,12,16-17H,5-6,8-11,13-14H2,1-4H3,(H2,20,21,22). The molecule has 1 aromatic heterocycles. The van der Waals surface area contributed by atoms with E-state index in [9.17, 15) is 0 Å². The van der Waals surface area contributed by atoms with E-state index in [4.69, 9.17) is 4.74 Å². The molecular weight excluding hydrogens is 332 g/mol. The number of hydrogen-bond donors (Lipinski definition) is 2. The van der Waals surface area contributed by atoms with Gasteiger partial charge in [0.1, 0.15) is 0 Å². The van der Waals surface area contributed by atoms with Crippen molar-refractivity contribution in [1.29, 1.82) is 0 Å². The maximum atomic E-state index is 5.54. The van der Waals surface area contributed by atoms with Crippen LogP contribution in [0.15, 0.2) is 16.4 Å². The lowest BCUT2D eigenvalue weighted by molar-refractivity contribution is 0.00272. The minimum Gasteiger partial charge on any atom is -0.379 e. The first-order valence-corrected chi connectivity index (χ1v) is 10.4. The van der Waals surface area contributed by atoms with Crippen LogP contribution in [0.4, 0.5) is 0 Å². The highest BCUT2D eigenvalue weighted by atomic mass is 32.1. The number of guanidine groups is 1. The lowest BCUT2D eigenvalue weighted by Gasteiger charge is -2.39. The van der Waals surface area contributed by atoms with Gasteiger partial charge in [0.15, 0.2) is 5.96 Å². The summed E-state index contributed by atoms with van der Waals surface area (Å²) in [6, 6.07) is 2.69. The second kappa shape index (κ2) is 10.8. The van der Waals surface area contributed by atoms with Gasteiger partial charge in [-0.05, 0) is 29.9 Å². The molecule has 0 aliphatic carbocycles. The Bertz CT molecular complexity index is 521. The first kappa shape index (κ1) is 20.2. The van der Waals surface area contributed by atoms with Crippen molar-refractivity contribution in [3.05, 3.63) is 21.9 Å². The molecule has 0 aromatic carbocycles. The summed E-state index contributed by atoms with van der Waals surface area (Å²) in [6.07, 6.45) is 2.42. The Morgan fingerprint density at radius 2 is 2.00 bits per heavy atom. The van der Waals surface area contributed by atoms with Gasteiger partial charge in [-0.25, -0.2) is 0 Å². The monoisotopic (exact) mass is 366 g/mol. The minimum atomic E-state index is 0.529. The number of aliphatic imine (C=N–C) groups is 1. The van der Waals surface area contributed by atoms with Gasteiger partial charge in [0.05, 0.1) is 19.8 Å². The van der Waals surface area contributed by atoms with Crippen LogP contribution in [0.2, 0.25) is 0 Å². The summed E-state index contributed by atoms with van der Waals surface area (Å²) in [5.41, 5.74) is 1.34. The Labute approximate surface area is 156 Å². The van der Waals surface area contributed by atoms with Gasteiger partial charge in [-0.15, -0.1) is 11.3 Å². The number of aryl methyl sites for hydroxylation is 1.